The highest BCUT2D eigenvalue weighted by atomic mass is 16.6. The van der Waals surface area contributed by atoms with Gasteiger partial charge in [0.1, 0.15) is 0 Å². The number of nitro groups is 1. The van der Waals surface area contributed by atoms with Crippen molar-refractivity contribution >= 4 is 28.9 Å². The number of carbonyl (C=O) groups excluding carboxylic acids is 1. The first-order chi connectivity index (χ1) is 9.65. The summed E-state index contributed by atoms with van der Waals surface area (Å²) in [6, 6.07) is 13.7. The van der Waals surface area contributed by atoms with Crippen molar-refractivity contribution in [2.75, 3.05) is 5.32 Å². The van der Waals surface area contributed by atoms with E-state index in [1.165, 1.54) is 12.1 Å². The summed E-state index contributed by atoms with van der Waals surface area (Å²) in [7, 11) is 0. The number of hydrogen-bond acceptors (Lipinski definition) is 3. The molecule has 0 spiro atoms. The molecule has 0 fully saturated rings. The minimum atomic E-state index is -0.469. The molecule has 0 bridgehead atoms. The lowest BCUT2D eigenvalue weighted by molar-refractivity contribution is -0.384. The van der Waals surface area contributed by atoms with Crippen molar-refractivity contribution in [2.24, 2.45) is 0 Å². The van der Waals surface area contributed by atoms with E-state index < -0.39 is 4.92 Å². The quantitative estimate of drug-likeness (QED) is 0.515. The first-order valence-corrected chi connectivity index (χ1v) is 6.02. The Hall–Kier alpha value is -2.95. The van der Waals surface area contributed by atoms with Crippen molar-refractivity contribution in [3.63, 3.8) is 0 Å². The molecule has 0 aliphatic carbocycles. The number of nitrogens with one attached hydrogen (secondary N) is 1. The van der Waals surface area contributed by atoms with Crippen LogP contribution in [0.15, 0.2) is 48.5 Å². The third-order valence-electron chi connectivity index (χ3n) is 3.11. The molecule has 0 atom stereocenters. The number of nitrogens with zero attached hydrogens (tertiary/aromatic N) is 1. The van der Waals surface area contributed by atoms with E-state index in [-0.39, 0.29) is 11.6 Å². The van der Waals surface area contributed by atoms with E-state index in [1.807, 2.05) is 30.3 Å². The first kappa shape index (κ1) is 12.1. The van der Waals surface area contributed by atoms with Gasteiger partial charge in [0.15, 0.2) is 0 Å². The minimum absolute atomic E-state index is 0.0285. The van der Waals surface area contributed by atoms with Gasteiger partial charge in [-0.05, 0) is 17.7 Å². The van der Waals surface area contributed by atoms with Gasteiger partial charge in [-0.25, -0.2) is 0 Å². The molecule has 0 unspecified atom stereocenters. The Balaban J connectivity index is 2.11. The molecular weight excluding hydrogens is 256 g/mol. The maximum Gasteiger partial charge on any atom is 0.270 e. The molecule has 0 aromatic heterocycles. The van der Waals surface area contributed by atoms with Gasteiger partial charge >= 0.3 is 0 Å². The lowest BCUT2D eigenvalue weighted by Gasteiger charge is -1.99. The molecule has 2 aromatic rings. The molecule has 5 nitrogen and oxygen atoms in total. The maximum atomic E-state index is 12.0. The predicted molar refractivity (Wildman–Crippen MR) is 76.0 cm³/mol. The monoisotopic (exact) mass is 266 g/mol. The van der Waals surface area contributed by atoms with Crippen LogP contribution in [0.3, 0.4) is 0 Å². The molecule has 0 saturated carbocycles. The van der Waals surface area contributed by atoms with Crippen molar-refractivity contribution in [1.29, 1.82) is 0 Å². The normalized spacial score (nSPS) is 15.0. The number of non-ortho nitro benzene ring substituents is 1. The van der Waals surface area contributed by atoms with E-state index in [4.69, 9.17) is 0 Å². The number of fused-ring (bicyclic) bond motifs is 1. The van der Waals surface area contributed by atoms with Gasteiger partial charge in [0, 0.05) is 29.0 Å². The molecule has 2 aromatic carbocycles. The number of nitro benzene ring substituents is 1. The molecule has 1 N–H and O–H groups in total. The van der Waals surface area contributed by atoms with Crippen LogP contribution in [0.2, 0.25) is 0 Å². The molecule has 20 heavy (non-hydrogen) atoms. The summed E-state index contributed by atoms with van der Waals surface area (Å²) in [6.07, 6.45) is 1.73. The zero-order valence-electron chi connectivity index (χ0n) is 10.4. The van der Waals surface area contributed by atoms with E-state index in [0.717, 1.165) is 5.56 Å². The van der Waals surface area contributed by atoms with Gasteiger partial charge in [0.2, 0.25) is 0 Å². The SMILES string of the molecule is O=C1Nc2ccc([N+](=O)[O-])cc2/C1=C\c1ccccc1. The summed E-state index contributed by atoms with van der Waals surface area (Å²) in [5.41, 5.74) is 2.45. The molecule has 5 heteroatoms. The second kappa shape index (κ2) is 4.62. The van der Waals surface area contributed by atoms with Crippen molar-refractivity contribution in [2.45, 2.75) is 0 Å². The van der Waals surface area contributed by atoms with Crippen LogP contribution in [-0.2, 0) is 4.79 Å². The minimum Gasteiger partial charge on any atom is -0.321 e. The fourth-order valence-electron chi connectivity index (χ4n) is 2.15. The molecule has 1 aliphatic heterocycles. The Kier molecular flexibility index (Phi) is 2.80. The Bertz CT molecular complexity index is 736. The third-order valence-corrected chi connectivity index (χ3v) is 3.11. The van der Waals surface area contributed by atoms with Crippen LogP contribution in [-0.4, -0.2) is 10.8 Å². The summed E-state index contributed by atoms with van der Waals surface area (Å²) < 4.78 is 0. The Labute approximate surface area is 114 Å². The van der Waals surface area contributed by atoms with Gasteiger partial charge in [0.25, 0.3) is 11.6 Å². The van der Waals surface area contributed by atoms with Gasteiger partial charge in [0.05, 0.1) is 4.92 Å². The fourth-order valence-corrected chi connectivity index (χ4v) is 2.15. The lowest BCUT2D eigenvalue weighted by atomic mass is 10.0. The number of rotatable bonds is 2. The van der Waals surface area contributed by atoms with Crippen molar-refractivity contribution in [3.8, 4) is 0 Å². The average Bonchev–Trinajstić information content (AvgIpc) is 2.75. The number of benzene rings is 2. The topological polar surface area (TPSA) is 72.2 Å². The number of anilines is 1. The Morgan fingerprint density at radius 2 is 1.85 bits per heavy atom. The van der Waals surface area contributed by atoms with Gasteiger partial charge in [-0.2, -0.15) is 0 Å². The van der Waals surface area contributed by atoms with Crippen molar-refractivity contribution in [3.05, 3.63) is 69.8 Å². The molecule has 1 heterocycles. The largest absolute Gasteiger partial charge is 0.321 e. The summed E-state index contributed by atoms with van der Waals surface area (Å²) in [5, 5.41) is 13.5. The number of carbonyl (C=O) groups is 1. The van der Waals surface area contributed by atoms with Gasteiger partial charge in [-0.3, -0.25) is 14.9 Å². The zero-order valence-corrected chi connectivity index (χ0v) is 10.4. The first-order valence-electron chi connectivity index (χ1n) is 6.02. The van der Waals surface area contributed by atoms with E-state index >= 15 is 0 Å². The predicted octanol–water partition coefficient (Wildman–Crippen LogP) is 3.09. The number of hydrogen-bond donors (Lipinski definition) is 1. The highest BCUT2D eigenvalue weighted by molar-refractivity contribution is 6.35. The smallest absolute Gasteiger partial charge is 0.270 e. The second-order valence-electron chi connectivity index (χ2n) is 4.41. The molecule has 0 saturated heterocycles. The van der Waals surface area contributed by atoms with Gasteiger partial charge in [-0.1, -0.05) is 30.3 Å². The van der Waals surface area contributed by atoms with E-state index in [0.29, 0.717) is 16.8 Å². The second-order valence-corrected chi connectivity index (χ2v) is 4.41. The molecule has 1 aliphatic rings. The van der Waals surface area contributed by atoms with Crippen LogP contribution < -0.4 is 5.32 Å². The van der Waals surface area contributed by atoms with E-state index in [1.54, 1.807) is 12.1 Å². The highest BCUT2D eigenvalue weighted by Crippen LogP contribution is 2.35. The van der Waals surface area contributed by atoms with Crippen LogP contribution in [0.1, 0.15) is 11.1 Å². The highest BCUT2D eigenvalue weighted by Gasteiger charge is 2.26. The molecule has 3 rings (SSSR count). The van der Waals surface area contributed by atoms with E-state index in [2.05, 4.69) is 5.32 Å². The van der Waals surface area contributed by atoms with Crippen molar-refractivity contribution in [1.82, 2.24) is 0 Å². The zero-order chi connectivity index (χ0) is 14.1. The Morgan fingerprint density at radius 3 is 2.55 bits per heavy atom. The molecule has 98 valence electrons. The fraction of sp³-hybridized carbons (Fsp3) is 0. The third kappa shape index (κ3) is 2.05. The molecule has 0 radical (unpaired) electrons. The standard InChI is InChI=1S/C15H10N2O3/c18-15-13(8-10-4-2-1-3-5-10)12-9-11(17(19)20)6-7-14(12)16-15/h1-9H,(H,16,18)/b13-8+. The van der Waals surface area contributed by atoms with Crippen LogP contribution in [0, 0.1) is 10.1 Å². The van der Waals surface area contributed by atoms with Crippen LogP contribution in [0.4, 0.5) is 11.4 Å². The number of amides is 1. The average molecular weight is 266 g/mol. The molecular formula is C15H10N2O3. The van der Waals surface area contributed by atoms with Gasteiger partial charge in [-0.15, -0.1) is 0 Å². The van der Waals surface area contributed by atoms with Crippen LogP contribution in [0.5, 0.6) is 0 Å². The summed E-state index contributed by atoms with van der Waals surface area (Å²) in [4.78, 5) is 22.3. The van der Waals surface area contributed by atoms with Crippen LogP contribution in [0.25, 0.3) is 11.6 Å². The van der Waals surface area contributed by atoms with Crippen molar-refractivity contribution < 1.29 is 9.72 Å². The van der Waals surface area contributed by atoms with Crippen LogP contribution >= 0.6 is 0 Å². The van der Waals surface area contributed by atoms with E-state index in [9.17, 15) is 14.9 Å². The summed E-state index contributed by atoms with van der Waals surface area (Å²) >= 11 is 0. The Morgan fingerprint density at radius 1 is 1.10 bits per heavy atom. The molecule has 1 amide bonds. The summed E-state index contributed by atoms with van der Waals surface area (Å²) in [6.45, 7) is 0. The van der Waals surface area contributed by atoms with Gasteiger partial charge < -0.3 is 5.32 Å². The lowest BCUT2D eigenvalue weighted by Crippen LogP contribution is -2.03. The summed E-state index contributed by atoms with van der Waals surface area (Å²) in [5.74, 6) is -0.246. The maximum absolute atomic E-state index is 12.0.